The Morgan fingerprint density at radius 1 is 1.60 bits per heavy atom. The fraction of sp³-hybridized carbons (Fsp3) is 0.583. The number of rotatable bonds is 4. The third-order valence-corrected chi connectivity index (χ3v) is 5.57. The van der Waals surface area contributed by atoms with Crippen LogP contribution in [0.15, 0.2) is 11.0 Å². The second kappa shape index (κ2) is 5.80. The minimum absolute atomic E-state index is 0.0403. The van der Waals surface area contributed by atoms with Gasteiger partial charge in [-0.15, -0.1) is 11.3 Å². The van der Waals surface area contributed by atoms with Gasteiger partial charge in [-0.25, -0.2) is 13.6 Å². The van der Waals surface area contributed by atoms with E-state index in [4.69, 9.17) is 9.88 Å². The van der Waals surface area contributed by atoms with Crippen LogP contribution in [0.4, 0.5) is 0 Å². The van der Waals surface area contributed by atoms with Gasteiger partial charge in [0.1, 0.15) is 0 Å². The summed E-state index contributed by atoms with van der Waals surface area (Å²) in [6.45, 7) is 3.61. The SMILES string of the molecule is COCC1CCN(C(=O)c2cc(S(N)(=O)=O)c(C)s2)C1. The first-order chi connectivity index (χ1) is 9.32. The highest BCUT2D eigenvalue weighted by Gasteiger charge is 2.29. The second-order valence-corrected chi connectivity index (χ2v) is 7.72. The molecular formula is C12H18N2O4S2. The molecule has 0 aromatic carbocycles. The molecule has 1 aromatic heterocycles. The van der Waals surface area contributed by atoms with Crippen LogP contribution in [-0.2, 0) is 14.8 Å². The summed E-state index contributed by atoms with van der Waals surface area (Å²) in [7, 11) is -2.13. The molecule has 2 N–H and O–H groups in total. The molecule has 112 valence electrons. The molecule has 1 unspecified atom stereocenters. The van der Waals surface area contributed by atoms with Gasteiger partial charge in [0.25, 0.3) is 5.91 Å². The molecule has 1 aromatic rings. The molecule has 20 heavy (non-hydrogen) atoms. The number of primary sulfonamides is 1. The summed E-state index contributed by atoms with van der Waals surface area (Å²) in [5.41, 5.74) is 0. The Kier molecular flexibility index (Phi) is 4.48. The predicted molar refractivity (Wildman–Crippen MR) is 76.3 cm³/mol. The molecule has 6 nitrogen and oxygen atoms in total. The number of hydrogen-bond acceptors (Lipinski definition) is 5. The molecule has 1 aliphatic heterocycles. The van der Waals surface area contributed by atoms with Crippen molar-refractivity contribution in [1.29, 1.82) is 0 Å². The topological polar surface area (TPSA) is 89.7 Å². The number of sulfonamides is 1. The van der Waals surface area contributed by atoms with Gasteiger partial charge in [0, 0.05) is 31.0 Å². The van der Waals surface area contributed by atoms with Crippen molar-refractivity contribution in [3.8, 4) is 0 Å². The number of ether oxygens (including phenoxy) is 1. The van der Waals surface area contributed by atoms with Gasteiger partial charge in [-0.3, -0.25) is 4.79 Å². The first-order valence-corrected chi connectivity index (χ1v) is 8.60. The molecule has 0 bridgehead atoms. The first-order valence-electron chi connectivity index (χ1n) is 6.24. The van der Waals surface area contributed by atoms with Gasteiger partial charge in [-0.2, -0.15) is 0 Å². The Labute approximate surface area is 122 Å². The van der Waals surface area contributed by atoms with Crippen LogP contribution in [0.25, 0.3) is 0 Å². The van der Waals surface area contributed by atoms with E-state index in [-0.39, 0.29) is 10.8 Å². The van der Waals surface area contributed by atoms with E-state index in [9.17, 15) is 13.2 Å². The fourth-order valence-corrected chi connectivity index (χ4v) is 4.51. The van der Waals surface area contributed by atoms with Gasteiger partial charge in [-0.1, -0.05) is 0 Å². The van der Waals surface area contributed by atoms with Crippen LogP contribution in [0, 0.1) is 12.8 Å². The summed E-state index contributed by atoms with van der Waals surface area (Å²) in [4.78, 5) is 15.1. The number of likely N-dealkylation sites (tertiary alicyclic amines) is 1. The average molecular weight is 318 g/mol. The molecular weight excluding hydrogens is 300 g/mol. The highest BCUT2D eigenvalue weighted by atomic mass is 32.2. The van der Waals surface area contributed by atoms with E-state index in [1.165, 1.54) is 17.4 Å². The zero-order valence-electron chi connectivity index (χ0n) is 11.5. The zero-order valence-corrected chi connectivity index (χ0v) is 13.1. The molecule has 0 aliphatic carbocycles. The van der Waals surface area contributed by atoms with Crippen molar-refractivity contribution in [2.45, 2.75) is 18.2 Å². The third-order valence-electron chi connectivity index (χ3n) is 3.36. The number of methoxy groups -OCH3 is 1. The van der Waals surface area contributed by atoms with E-state index >= 15 is 0 Å². The molecule has 2 heterocycles. The Hall–Kier alpha value is -0.960. The van der Waals surface area contributed by atoms with Crippen molar-refractivity contribution in [3.05, 3.63) is 15.8 Å². The molecule has 1 amide bonds. The number of aryl methyl sites for hydroxylation is 1. The van der Waals surface area contributed by atoms with E-state index in [1.807, 2.05) is 0 Å². The van der Waals surface area contributed by atoms with E-state index < -0.39 is 10.0 Å². The minimum atomic E-state index is -3.77. The van der Waals surface area contributed by atoms with Crippen molar-refractivity contribution < 1.29 is 17.9 Å². The normalized spacial score (nSPS) is 19.6. The highest BCUT2D eigenvalue weighted by molar-refractivity contribution is 7.89. The van der Waals surface area contributed by atoms with Crippen LogP contribution < -0.4 is 5.14 Å². The first kappa shape index (κ1) is 15.4. The lowest BCUT2D eigenvalue weighted by Gasteiger charge is -2.15. The van der Waals surface area contributed by atoms with Gasteiger partial charge in [0.2, 0.25) is 10.0 Å². The van der Waals surface area contributed by atoms with Crippen LogP contribution in [0.2, 0.25) is 0 Å². The van der Waals surface area contributed by atoms with Gasteiger partial charge in [0.05, 0.1) is 16.4 Å². The molecule has 1 atom stereocenters. The van der Waals surface area contributed by atoms with Crippen LogP contribution in [0.5, 0.6) is 0 Å². The van der Waals surface area contributed by atoms with Crippen molar-refractivity contribution in [3.63, 3.8) is 0 Å². The van der Waals surface area contributed by atoms with E-state index in [2.05, 4.69) is 0 Å². The fourth-order valence-electron chi connectivity index (χ4n) is 2.40. The molecule has 8 heteroatoms. The number of carbonyl (C=O) groups is 1. The van der Waals surface area contributed by atoms with Gasteiger partial charge in [0.15, 0.2) is 0 Å². The monoisotopic (exact) mass is 318 g/mol. The molecule has 0 spiro atoms. The third kappa shape index (κ3) is 3.20. The van der Waals surface area contributed by atoms with Gasteiger partial charge >= 0.3 is 0 Å². The lowest BCUT2D eigenvalue weighted by atomic mass is 10.1. The van der Waals surface area contributed by atoms with Crippen molar-refractivity contribution in [2.24, 2.45) is 11.1 Å². The summed E-state index contributed by atoms with van der Waals surface area (Å²) in [5, 5.41) is 5.12. The Bertz CT molecular complexity index is 609. The van der Waals surface area contributed by atoms with Crippen LogP contribution in [0.1, 0.15) is 21.0 Å². The summed E-state index contributed by atoms with van der Waals surface area (Å²) in [5.74, 6) is 0.217. The molecule has 2 rings (SSSR count). The smallest absolute Gasteiger partial charge is 0.263 e. The van der Waals surface area contributed by atoms with E-state index in [0.29, 0.717) is 35.4 Å². The lowest BCUT2D eigenvalue weighted by molar-refractivity contribution is 0.0780. The quantitative estimate of drug-likeness (QED) is 0.889. The molecule has 1 fully saturated rings. The highest BCUT2D eigenvalue weighted by Crippen LogP contribution is 2.27. The Balaban J connectivity index is 2.15. The van der Waals surface area contributed by atoms with Crippen molar-refractivity contribution >= 4 is 27.3 Å². The average Bonchev–Trinajstić information content (AvgIpc) is 2.94. The predicted octanol–water partition coefficient (Wildman–Crippen LogP) is 0.812. The second-order valence-electron chi connectivity index (χ2n) is 4.94. The van der Waals surface area contributed by atoms with E-state index in [1.54, 1.807) is 18.9 Å². The number of thiophene rings is 1. The number of amides is 1. The zero-order chi connectivity index (χ0) is 14.9. The Morgan fingerprint density at radius 3 is 2.85 bits per heavy atom. The van der Waals surface area contributed by atoms with Gasteiger partial charge in [-0.05, 0) is 19.4 Å². The van der Waals surface area contributed by atoms with Crippen LogP contribution >= 0.6 is 11.3 Å². The number of nitrogens with zero attached hydrogens (tertiary/aromatic N) is 1. The Morgan fingerprint density at radius 2 is 2.30 bits per heavy atom. The van der Waals surface area contributed by atoms with E-state index in [0.717, 1.165) is 6.42 Å². The standard InChI is InChI=1S/C12H18N2O4S2/c1-8-11(20(13,16)17)5-10(19-8)12(15)14-4-3-9(6-14)7-18-2/h5,9H,3-4,6-7H2,1-2H3,(H2,13,16,17). The molecule has 1 aliphatic rings. The summed E-state index contributed by atoms with van der Waals surface area (Å²) in [6, 6.07) is 1.38. The number of nitrogens with two attached hydrogens (primary N) is 1. The van der Waals surface area contributed by atoms with Crippen molar-refractivity contribution in [1.82, 2.24) is 4.90 Å². The van der Waals surface area contributed by atoms with Crippen LogP contribution in [-0.4, -0.2) is 46.0 Å². The largest absolute Gasteiger partial charge is 0.384 e. The minimum Gasteiger partial charge on any atom is -0.384 e. The number of hydrogen-bond donors (Lipinski definition) is 1. The van der Waals surface area contributed by atoms with Crippen LogP contribution in [0.3, 0.4) is 0 Å². The summed E-state index contributed by atoms with van der Waals surface area (Å²) < 4.78 is 27.9. The summed E-state index contributed by atoms with van der Waals surface area (Å²) in [6.07, 6.45) is 0.909. The number of carbonyl (C=O) groups excluding carboxylic acids is 1. The molecule has 0 radical (unpaired) electrons. The maximum Gasteiger partial charge on any atom is 0.263 e. The molecule has 1 saturated heterocycles. The molecule has 0 saturated carbocycles. The maximum absolute atomic E-state index is 12.3. The lowest BCUT2D eigenvalue weighted by Crippen LogP contribution is -2.28. The van der Waals surface area contributed by atoms with Gasteiger partial charge < -0.3 is 9.64 Å². The van der Waals surface area contributed by atoms with Crippen molar-refractivity contribution in [2.75, 3.05) is 26.8 Å². The summed E-state index contributed by atoms with van der Waals surface area (Å²) >= 11 is 1.17. The maximum atomic E-state index is 12.3.